The molecule has 4 unspecified atom stereocenters. The van der Waals surface area contributed by atoms with Crippen LogP contribution in [0.25, 0.3) is 0 Å². The monoisotopic (exact) mass is 640 g/mol. The highest BCUT2D eigenvalue weighted by atomic mass is 31.1. The van der Waals surface area contributed by atoms with Gasteiger partial charge in [-0.15, -0.1) is 0 Å². The predicted molar refractivity (Wildman–Crippen MR) is 130 cm³/mol. The van der Waals surface area contributed by atoms with Crippen molar-refractivity contribution in [2.24, 2.45) is 11.5 Å². The minimum absolute atomic E-state index is 0. The molecule has 0 aliphatic carbocycles. The zero-order valence-corrected chi connectivity index (χ0v) is 18.0. The van der Waals surface area contributed by atoms with Gasteiger partial charge in [-0.1, -0.05) is 44.6 Å². The standard InChI is InChI=1S/CH4N2O.CO2.6CH4.2H3N.2H4O8P2.H2O/c2-1(3)4;2-1-3;;;;;;;;;2*1-3-5-6-10-8-7-9-4-2;/h(H4,2,3,4);;6*1H4;2*1H3;2*1-2,9-10H;1H2. The average Bonchev–Trinajstić information content (AvgIpc) is 2.62. The number of hydrogen-bond donors (Lipinski definition) is 8. The fourth-order valence-corrected chi connectivity index (χ4v) is 0.962. The second-order valence-corrected chi connectivity index (χ2v) is 3.82. The van der Waals surface area contributed by atoms with E-state index in [2.05, 4.69) is 69.0 Å². The van der Waals surface area contributed by atoms with E-state index < -0.39 is 42.2 Å². The van der Waals surface area contributed by atoms with Gasteiger partial charge in [-0.2, -0.15) is 47.0 Å². The molecular weight excluding hydrogens is 596 g/mol. The Morgan fingerprint density at radius 3 is 0.944 bits per heavy atom. The third-order valence-electron chi connectivity index (χ3n) is 0.491. The van der Waals surface area contributed by atoms with Crippen LogP contribution >= 0.6 is 36.1 Å². The predicted octanol–water partition coefficient (Wildman–Crippen LogP) is 3.34. The fraction of sp³-hybridized carbons (Fsp3) is 0.750. The van der Waals surface area contributed by atoms with Crippen LogP contribution in [-0.4, -0.2) is 38.7 Å². The molecule has 0 aliphatic rings. The summed E-state index contributed by atoms with van der Waals surface area (Å²) in [5, 5.41) is 43.2. The van der Waals surface area contributed by atoms with Crippen molar-refractivity contribution in [1.29, 1.82) is 0 Å². The van der Waals surface area contributed by atoms with Gasteiger partial charge in [-0.05, 0) is 20.2 Å². The van der Waals surface area contributed by atoms with E-state index >= 15 is 0 Å². The number of carbonyl (C=O) groups is 1. The largest absolute Gasteiger partial charge is 0.412 e. The van der Waals surface area contributed by atoms with Crippen LogP contribution in [-0.2, 0) is 67.1 Å². The Morgan fingerprint density at radius 2 is 0.778 bits per heavy atom. The first-order valence-corrected chi connectivity index (χ1v) is 7.82. The molecule has 16 N–H and O–H groups in total. The van der Waals surface area contributed by atoms with E-state index in [9.17, 15) is 0 Å². The van der Waals surface area contributed by atoms with Crippen LogP contribution in [0.4, 0.5) is 4.79 Å². The maximum absolute atomic E-state index is 9.00. The summed E-state index contributed by atoms with van der Waals surface area (Å²) < 4.78 is 31.0. The van der Waals surface area contributed by atoms with E-state index in [0.29, 0.717) is 0 Å². The maximum Gasteiger partial charge on any atom is 0.373 e. The maximum atomic E-state index is 9.00. The van der Waals surface area contributed by atoms with Crippen LogP contribution in [0, 0.1) is 0 Å². The van der Waals surface area contributed by atoms with Crippen molar-refractivity contribution < 1.29 is 98.4 Å². The minimum atomic E-state index is -0.833. The lowest BCUT2D eigenvalue weighted by atomic mass is 11.2. The zero-order valence-electron chi connectivity index (χ0n) is 14.0. The molecule has 0 rings (SSSR count). The molecule has 2 amide bonds. The fourth-order valence-electron chi connectivity index (χ4n) is 0.184. The van der Waals surface area contributed by atoms with Crippen molar-refractivity contribution in [3.05, 3.63) is 0 Å². The van der Waals surface area contributed by atoms with Gasteiger partial charge in [0.2, 0.25) is 36.1 Å². The van der Waals surface area contributed by atoms with Gasteiger partial charge in [0.1, 0.15) is 0 Å². The lowest BCUT2D eigenvalue weighted by Crippen LogP contribution is -2.18. The Morgan fingerprint density at radius 1 is 0.583 bits per heavy atom. The van der Waals surface area contributed by atoms with Crippen molar-refractivity contribution in [1.82, 2.24) is 12.3 Å². The summed E-state index contributed by atoms with van der Waals surface area (Å²) >= 11 is 0. The van der Waals surface area contributed by atoms with Gasteiger partial charge in [-0.25, -0.2) is 25.8 Å². The lowest BCUT2D eigenvalue weighted by Gasteiger charge is -1.97. The number of carbonyl (C=O) groups excluding carboxylic acids is 3. The van der Waals surface area contributed by atoms with Gasteiger partial charge in [0.05, 0.1) is 0 Å². The molecule has 0 saturated heterocycles. The minimum Gasteiger partial charge on any atom is -0.412 e. The molecule has 236 valence electrons. The average molecular weight is 640 g/mol. The normalized spacial score (nSPS) is 7.89. The topological polar surface area (TPSA) is 396 Å². The summed E-state index contributed by atoms with van der Waals surface area (Å²) in [6.07, 6.45) is 0.250. The molecule has 0 aromatic rings. The Labute approximate surface area is 215 Å². The van der Waals surface area contributed by atoms with Crippen LogP contribution in [0.5, 0.6) is 0 Å². The van der Waals surface area contributed by atoms with E-state index in [0.717, 1.165) is 0 Å². The van der Waals surface area contributed by atoms with Crippen molar-refractivity contribution >= 4 is 48.3 Å². The molecule has 0 radical (unpaired) electrons. The lowest BCUT2D eigenvalue weighted by molar-refractivity contribution is -0.594. The number of amides is 2. The SMILES string of the molecule is C.C.C.C.C.C.N.N.NC(N)=O.O.O=C=O.OOOOPOOPOO.OOOOPOOPOO. The van der Waals surface area contributed by atoms with E-state index in [1.54, 1.807) is 0 Å². The third-order valence-corrected chi connectivity index (χ3v) is 1.85. The molecule has 0 aliphatic heterocycles. The second kappa shape index (κ2) is 102. The smallest absolute Gasteiger partial charge is 0.373 e. The number of primary amides is 2. The summed E-state index contributed by atoms with van der Waals surface area (Å²) in [4.78, 5) is 25.2. The summed E-state index contributed by atoms with van der Waals surface area (Å²) in [6, 6.07) is -0.833. The Kier molecular flexibility index (Phi) is 236. The highest BCUT2D eigenvalue weighted by Crippen LogP contribution is 2.22. The van der Waals surface area contributed by atoms with Crippen molar-refractivity contribution in [2.45, 2.75) is 44.6 Å². The third kappa shape index (κ3) is 193. The number of urea groups is 1. The zero-order chi connectivity index (χ0) is 21.6. The first kappa shape index (κ1) is 83.4. The first-order valence-electron chi connectivity index (χ1n) is 4.55. The Balaban J connectivity index is -0.0000000177. The number of hydrogen-bond acceptors (Lipinski definition) is 21. The van der Waals surface area contributed by atoms with Gasteiger partial charge in [-0.3, -0.25) is 0 Å². The van der Waals surface area contributed by atoms with Crippen molar-refractivity contribution in [2.75, 3.05) is 0 Å². The van der Waals surface area contributed by atoms with Crippen molar-refractivity contribution in [3.8, 4) is 0 Å². The molecule has 4 atom stereocenters. The molecule has 0 aromatic carbocycles. The van der Waals surface area contributed by atoms with E-state index in [4.69, 9.17) is 35.4 Å². The van der Waals surface area contributed by atoms with Crippen molar-refractivity contribution in [3.63, 3.8) is 0 Å². The molecule has 0 heterocycles. The molecule has 28 heteroatoms. The first-order chi connectivity index (χ1) is 13.0. The molecular formula is C8H44N4O20P4. The van der Waals surface area contributed by atoms with Gasteiger partial charge in [0, 0.05) is 0 Å². The van der Waals surface area contributed by atoms with Gasteiger partial charge >= 0.3 is 12.2 Å². The Hall–Kier alpha value is -0.390. The van der Waals surface area contributed by atoms with Crippen LogP contribution in [0.3, 0.4) is 0 Å². The highest BCUT2D eigenvalue weighted by molar-refractivity contribution is 7.28. The van der Waals surface area contributed by atoms with E-state index in [1.165, 1.54) is 0 Å². The summed E-state index contributed by atoms with van der Waals surface area (Å²) in [5.74, 6) is 0. The van der Waals surface area contributed by atoms with Gasteiger partial charge in [0.25, 0.3) is 0 Å². The van der Waals surface area contributed by atoms with Gasteiger partial charge < -0.3 is 29.2 Å². The Bertz CT molecular complexity index is 279. The molecule has 0 saturated carbocycles. The molecule has 0 aromatic heterocycles. The van der Waals surface area contributed by atoms with Crippen LogP contribution < -0.4 is 23.8 Å². The second-order valence-electron chi connectivity index (χ2n) is 1.79. The summed E-state index contributed by atoms with van der Waals surface area (Å²) in [7, 11) is -2.67. The molecule has 24 nitrogen and oxygen atoms in total. The van der Waals surface area contributed by atoms with Crippen LogP contribution in [0.1, 0.15) is 44.6 Å². The van der Waals surface area contributed by atoms with E-state index in [1.807, 2.05) is 0 Å². The molecule has 0 bridgehead atoms. The van der Waals surface area contributed by atoms with Crippen LogP contribution in [0.2, 0.25) is 0 Å². The van der Waals surface area contributed by atoms with Gasteiger partial charge in [0.15, 0.2) is 0 Å². The van der Waals surface area contributed by atoms with Crippen LogP contribution in [0.15, 0.2) is 0 Å². The number of nitrogens with two attached hydrogens (primary N) is 2. The molecule has 0 spiro atoms. The molecule has 0 fully saturated rings. The quantitative estimate of drug-likeness (QED) is 0.0583. The molecule has 36 heavy (non-hydrogen) atoms. The number of rotatable bonds is 14. The summed E-state index contributed by atoms with van der Waals surface area (Å²) in [5.41, 5.74) is 8.50. The highest BCUT2D eigenvalue weighted by Gasteiger charge is 1.91. The van der Waals surface area contributed by atoms with E-state index in [-0.39, 0.29) is 68.5 Å². The summed E-state index contributed by atoms with van der Waals surface area (Å²) in [6.45, 7) is 0.